The van der Waals surface area contributed by atoms with Crippen LogP contribution in [0.4, 0.5) is 0 Å². The molecule has 3 nitrogen and oxygen atoms in total. The van der Waals surface area contributed by atoms with Crippen molar-refractivity contribution < 1.29 is 9.53 Å². The lowest BCUT2D eigenvalue weighted by Gasteiger charge is -2.09. The third-order valence-electron chi connectivity index (χ3n) is 2.49. The van der Waals surface area contributed by atoms with Crippen molar-refractivity contribution in [2.24, 2.45) is 0 Å². The first-order valence-electron chi connectivity index (χ1n) is 6.84. The number of nitrogens with one attached hydrogen (secondary N) is 1. The van der Waals surface area contributed by atoms with E-state index >= 15 is 0 Å². The van der Waals surface area contributed by atoms with Crippen molar-refractivity contribution in [1.82, 2.24) is 5.32 Å². The number of carbonyl (C=O) groups is 1. The molecule has 1 amide bonds. The van der Waals surface area contributed by atoms with Crippen molar-refractivity contribution >= 4 is 12.0 Å². The third-order valence-corrected chi connectivity index (χ3v) is 2.49. The predicted octanol–water partition coefficient (Wildman–Crippen LogP) is 3.40. The van der Waals surface area contributed by atoms with E-state index in [0.29, 0.717) is 0 Å². The zero-order valence-corrected chi connectivity index (χ0v) is 12.0. The van der Waals surface area contributed by atoms with E-state index in [1.165, 1.54) is 0 Å². The van der Waals surface area contributed by atoms with Crippen LogP contribution in [0, 0.1) is 0 Å². The van der Waals surface area contributed by atoms with Gasteiger partial charge in [-0.2, -0.15) is 0 Å². The SMILES string of the molecule is CCCCNC(=O)/C=C/c1cccc(OC(C)C)c1. The van der Waals surface area contributed by atoms with Crippen molar-refractivity contribution in [1.29, 1.82) is 0 Å². The van der Waals surface area contributed by atoms with Crippen molar-refractivity contribution in [3.63, 3.8) is 0 Å². The highest BCUT2D eigenvalue weighted by Crippen LogP contribution is 2.15. The Morgan fingerprint density at radius 3 is 2.89 bits per heavy atom. The number of amides is 1. The second-order valence-corrected chi connectivity index (χ2v) is 4.72. The summed E-state index contributed by atoms with van der Waals surface area (Å²) in [4.78, 5) is 11.5. The molecule has 1 rings (SSSR count). The summed E-state index contributed by atoms with van der Waals surface area (Å²) in [5.41, 5.74) is 0.962. The Hall–Kier alpha value is -1.77. The molecule has 0 bridgehead atoms. The zero-order valence-electron chi connectivity index (χ0n) is 12.0. The summed E-state index contributed by atoms with van der Waals surface area (Å²) >= 11 is 0. The number of carbonyl (C=O) groups excluding carboxylic acids is 1. The van der Waals surface area contributed by atoms with Gasteiger partial charge in [0.1, 0.15) is 5.75 Å². The van der Waals surface area contributed by atoms with Gasteiger partial charge in [0.2, 0.25) is 5.91 Å². The first-order chi connectivity index (χ1) is 9.11. The second kappa shape index (κ2) is 8.35. The Morgan fingerprint density at radius 1 is 1.42 bits per heavy atom. The highest BCUT2D eigenvalue weighted by molar-refractivity contribution is 5.91. The minimum Gasteiger partial charge on any atom is -0.491 e. The second-order valence-electron chi connectivity index (χ2n) is 4.72. The van der Waals surface area contributed by atoms with Gasteiger partial charge in [-0.1, -0.05) is 25.5 Å². The van der Waals surface area contributed by atoms with E-state index in [1.807, 2.05) is 38.1 Å². The van der Waals surface area contributed by atoms with Crippen molar-refractivity contribution in [3.05, 3.63) is 35.9 Å². The minimum atomic E-state index is -0.0522. The Bertz CT molecular complexity index is 425. The summed E-state index contributed by atoms with van der Waals surface area (Å²) in [5.74, 6) is 0.771. The van der Waals surface area contributed by atoms with Gasteiger partial charge in [0.25, 0.3) is 0 Å². The van der Waals surface area contributed by atoms with Gasteiger partial charge in [0.05, 0.1) is 6.10 Å². The van der Waals surface area contributed by atoms with Crippen LogP contribution in [-0.2, 0) is 4.79 Å². The van der Waals surface area contributed by atoms with Crippen molar-refractivity contribution in [3.8, 4) is 5.75 Å². The van der Waals surface area contributed by atoms with Crippen LogP contribution < -0.4 is 10.1 Å². The fourth-order valence-corrected chi connectivity index (χ4v) is 1.58. The molecule has 19 heavy (non-hydrogen) atoms. The van der Waals surface area contributed by atoms with Crippen LogP contribution in [-0.4, -0.2) is 18.6 Å². The van der Waals surface area contributed by atoms with Crippen LogP contribution in [0.1, 0.15) is 39.2 Å². The monoisotopic (exact) mass is 261 g/mol. The summed E-state index contributed by atoms with van der Waals surface area (Å²) in [6.45, 7) is 6.81. The number of hydrogen-bond donors (Lipinski definition) is 1. The molecule has 0 spiro atoms. The van der Waals surface area contributed by atoms with E-state index in [-0.39, 0.29) is 12.0 Å². The molecule has 0 heterocycles. The number of ether oxygens (including phenoxy) is 1. The van der Waals surface area contributed by atoms with E-state index < -0.39 is 0 Å². The van der Waals surface area contributed by atoms with Crippen LogP contribution in [0.25, 0.3) is 6.08 Å². The number of benzene rings is 1. The maximum atomic E-state index is 11.5. The molecule has 0 aromatic heterocycles. The fraction of sp³-hybridized carbons (Fsp3) is 0.438. The lowest BCUT2D eigenvalue weighted by Crippen LogP contribution is -2.21. The quantitative estimate of drug-likeness (QED) is 0.603. The maximum Gasteiger partial charge on any atom is 0.243 e. The molecule has 1 aromatic rings. The summed E-state index contributed by atoms with van der Waals surface area (Å²) in [6.07, 6.45) is 5.60. The first kappa shape index (κ1) is 15.3. The smallest absolute Gasteiger partial charge is 0.243 e. The number of hydrogen-bond acceptors (Lipinski definition) is 2. The van der Waals surface area contributed by atoms with Crippen LogP contribution >= 0.6 is 0 Å². The molecule has 1 N–H and O–H groups in total. The highest BCUT2D eigenvalue weighted by Gasteiger charge is 1.98. The third kappa shape index (κ3) is 6.65. The Kier molecular flexibility index (Phi) is 6.72. The fourth-order valence-electron chi connectivity index (χ4n) is 1.58. The van der Waals surface area contributed by atoms with Gasteiger partial charge in [0, 0.05) is 12.6 Å². The molecule has 0 unspecified atom stereocenters. The molecule has 1 aromatic carbocycles. The molecule has 0 radical (unpaired) electrons. The zero-order chi connectivity index (χ0) is 14.1. The highest BCUT2D eigenvalue weighted by atomic mass is 16.5. The van der Waals surface area contributed by atoms with Crippen LogP contribution in [0.5, 0.6) is 5.75 Å². The summed E-state index contributed by atoms with van der Waals surface area (Å²) in [6, 6.07) is 7.71. The van der Waals surface area contributed by atoms with Gasteiger partial charge in [-0.3, -0.25) is 4.79 Å². The average Bonchev–Trinajstić information content (AvgIpc) is 2.36. The lowest BCUT2D eigenvalue weighted by molar-refractivity contribution is -0.116. The van der Waals surface area contributed by atoms with Gasteiger partial charge in [-0.05, 0) is 44.0 Å². The van der Waals surface area contributed by atoms with E-state index in [1.54, 1.807) is 12.2 Å². The van der Waals surface area contributed by atoms with E-state index in [2.05, 4.69) is 12.2 Å². The molecule has 0 aliphatic rings. The normalized spacial score (nSPS) is 10.9. The summed E-state index contributed by atoms with van der Waals surface area (Å²) < 4.78 is 5.61. The lowest BCUT2D eigenvalue weighted by atomic mass is 10.2. The molecule has 0 saturated carbocycles. The number of unbranched alkanes of at least 4 members (excludes halogenated alkanes) is 1. The van der Waals surface area contributed by atoms with Gasteiger partial charge >= 0.3 is 0 Å². The van der Waals surface area contributed by atoms with Gasteiger partial charge in [-0.15, -0.1) is 0 Å². The average molecular weight is 261 g/mol. The largest absolute Gasteiger partial charge is 0.491 e. The molecular formula is C16H23NO2. The molecule has 0 saturated heterocycles. The topological polar surface area (TPSA) is 38.3 Å². The number of rotatable bonds is 7. The van der Waals surface area contributed by atoms with Crippen LogP contribution in [0.3, 0.4) is 0 Å². The Labute approximate surface area is 115 Å². The van der Waals surface area contributed by atoms with Crippen molar-refractivity contribution in [2.75, 3.05) is 6.54 Å². The molecule has 104 valence electrons. The first-order valence-corrected chi connectivity index (χ1v) is 6.84. The van der Waals surface area contributed by atoms with Crippen LogP contribution in [0.15, 0.2) is 30.3 Å². The molecule has 0 atom stereocenters. The molecular weight excluding hydrogens is 238 g/mol. The van der Waals surface area contributed by atoms with E-state index in [4.69, 9.17) is 4.74 Å². The standard InChI is InChI=1S/C16H23NO2/c1-4-5-11-17-16(18)10-9-14-7-6-8-15(12-14)19-13(2)3/h6-10,12-13H,4-5,11H2,1-3H3,(H,17,18)/b10-9+. The van der Waals surface area contributed by atoms with Gasteiger partial charge < -0.3 is 10.1 Å². The predicted molar refractivity (Wildman–Crippen MR) is 79.2 cm³/mol. The Morgan fingerprint density at radius 2 is 2.21 bits per heavy atom. The molecule has 0 aliphatic heterocycles. The van der Waals surface area contributed by atoms with Gasteiger partial charge in [-0.25, -0.2) is 0 Å². The van der Waals surface area contributed by atoms with Crippen LogP contribution in [0.2, 0.25) is 0 Å². The maximum absolute atomic E-state index is 11.5. The van der Waals surface area contributed by atoms with Crippen molar-refractivity contribution in [2.45, 2.75) is 39.7 Å². The van der Waals surface area contributed by atoms with E-state index in [0.717, 1.165) is 30.7 Å². The van der Waals surface area contributed by atoms with E-state index in [9.17, 15) is 4.79 Å². The molecule has 3 heteroatoms. The summed E-state index contributed by atoms with van der Waals surface area (Å²) in [7, 11) is 0. The molecule has 0 aliphatic carbocycles. The van der Waals surface area contributed by atoms with Gasteiger partial charge in [0.15, 0.2) is 0 Å². The molecule has 0 fully saturated rings. The minimum absolute atomic E-state index is 0.0522. The Balaban J connectivity index is 2.53. The summed E-state index contributed by atoms with van der Waals surface area (Å²) in [5, 5.41) is 2.84.